The molecule has 0 radical (unpaired) electrons. The minimum Gasteiger partial charge on any atom is -0.462 e. The second-order valence-electron chi connectivity index (χ2n) is 6.00. The van der Waals surface area contributed by atoms with E-state index in [4.69, 9.17) is 14.2 Å². The molecule has 4 nitrogen and oxygen atoms in total. The fraction of sp³-hybridized carbons (Fsp3) is 0.929. The summed E-state index contributed by atoms with van der Waals surface area (Å²) in [6.07, 6.45) is 1.69. The molecule has 1 rings (SSSR count). The summed E-state index contributed by atoms with van der Waals surface area (Å²) in [4.78, 5) is 11.9. The summed E-state index contributed by atoms with van der Waals surface area (Å²) in [6.45, 7) is 10.3. The molecule has 1 aliphatic rings. The van der Waals surface area contributed by atoms with Gasteiger partial charge in [-0.05, 0) is 33.6 Å². The van der Waals surface area contributed by atoms with Crippen LogP contribution in [0.3, 0.4) is 0 Å². The Balaban J connectivity index is 2.54. The van der Waals surface area contributed by atoms with Crippen LogP contribution in [-0.4, -0.2) is 38.5 Å². The zero-order valence-electron chi connectivity index (χ0n) is 12.0. The zero-order chi connectivity index (χ0) is 13.6. The Labute approximate surface area is 110 Å². The summed E-state index contributed by atoms with van der Waals surface area (Å²) >= 11 is 0. The van der Waals surface area contributed by atoms with Gasteiger partial charge in [0, 0.05) is 12.5 Å². The second-order valence-corrected chi connectivity index (χ2v) is 6.00. The van der Waals surface area contributed by atoms with E-state index in [1.807, 2.05) is 20.8 Å². The van der Waals surface area contributed by atoms with Crippen molar-refractivity contribution in [1.82, 2.24) is 0 Å². The van der Waals surface area contributed by atoms with E-state index in [1.165, 1.54) is 0 Å². The van der Waals surface area contributed by atoms with Crippen LogP contribution in [0.1, 0.15) is 40.5 Å². The number of rotatable bonds is 1. The van der Waals surface area contributed by atoms with Gasteiger partial charge in [0.25, 0.3) is 0 Å². The molecule has 0 aromatic rings. The highest BCUT2D eigenvalue weighted by Crippen LogP contribution is 2.22. The Hall–Kier alpha value is -0.610. The van der Waals surface area contributed by atoms with Gasteiger partial charge in [-0.3, -0.25) is 4.79 Å². The maximum Gasteiger partial charge on any atom is 0.311 e. The van der Waals surface area contributed by atoms with Crippen molar-refractivity contribution >= 4 is 5.97 Å². The number of carbonyl (C=O) groups is 1. The van der Waals surface area contributed by atoms with Gasteiger partial charge in [-0.25, -0.2) is 0 Å². The first-order valence-corrected chi connectivity index (χ1v) is 6.78. The maximum absolute atomic E-state index is 11.9. The van der Waals surface area contributed by atoms with E-state index < -0.39 is 5.41 Å². The highest BCUT2D eigenvalue weighted by molar-refractivity contribution is 5.75. The van der Waals surface area contributed by atoms with Gasteiger partial charge >= 0.3 is 5.97 Å². The number of esters is 1. The highest BCUT2D eigenvalue weighted by atomic mass is 16.6. The van der Waals surface area contributed by atoms with Crippen molar-refractivity contribution in [3.63, 3.8) is 0 Å². The minimum absolute atomic E-state index is 0.0709. The van der Waals surface area contributed by atoms with Crippen molar-refractivity contribution < 1.29 is 19.0 Å². The van der Waals surface area contributed by atoms with Crippen LogP contribution in [0.15, 0.2) is 0 Å². The lowest BCUT2D eigenvalue weighted by atomic mass is 9.96. The van der Waals surface area contributed by atoms with Crippen LogP contribution in [0.4, 0.5) is 0 Å². The lowest BCUT2D eigenvalue weighted by molar-refractivity contribution is -0.163. The molecule has 1 fully saturated rings. The molecule has 1 aliphatic heterocycles. The van der Waals surface area contributed by atoms with Crippen LogP contribution >= 0.6 is 0 Å². The SMILES string of the molecule is C[C@H]1COCCOCCC[C@@H]1OC(=O)C(C)(C)C. The van der Waals surface area contributed by atoms with E-state index in [1.54, 1.807) is 0 Å². The number of hydrogen-bond donors (Lipinski definition) is 0. The molecule has 0 bridgehead atoms. The summed E-state index contributed by atoms with van der Waals surface area (Å²) in [5.41, 5.74) is -0.452. The molecule has 0 amide bonds. The number of hydrogen-bond acceptors (Lipinski definition) is 4. The highest BCUT2D eigenvalue weighted by Gasteiger charge is 2.29. The van der Waals surface area contributed by atoms with Gasteiger partial charge < -0.3 is 14.2 Å². The summed E-state index contributed by atoms with van der Waals surface area (Å²) in [7, 11) is 0. The first-order valence-electron chi connectivity index (χ1n) is 6.78. The van der Waals surface area contributed by atoms with Gasteiger partial charge in [0.05, 0.1) is 25.2 Å². The maximum atomic E-state index is 11.9. The first kappa shape index (κ1) is 15.4. The Kier molecular flexibility index (Phi) is 6.09. The molecule has 0 saturated carbocycles. The molecule has 0 aliphatic carbocycles. The largest absolute Gasteiger partial charge is 0.462 e. The average molecular weight is 258 g/mol. The Morgan fingerprint density at radius 1 is 1.17 bits per heavy atom. The van der Waals surface area contributed by atoms with Gasteiger partial charge in [-0.2, -0.15) is 0 Å². The molecular formula is C14H26O4. The van der Waals surface area contributed by atoms with Crippen LogP contribution in [-0.2, 0) is 19.0 Å². The van der Waals surface area contributed by atoms with Gasteiger partial charge in [-0.15, -0.1) is 0 Å². The quantitative estimate of drug-likeness (QED) is 0.678. The van der Waals surface area contributed by atoms with Crippen molar-refractivity contribution in [1.29, 1.82) is 0 Å². The average Bonchev–Trinajstić information content (AvgIpc) is 2.29. The van der Waals surface area contributed by atoms with Crippen molar-refractivity contribution in [2.45, 2.75) is 46.6 Å². The fourth-order valence-electron chi connectivity index (χ4n) is 1.76. The molecule has 18 heavy (non-hydrogen) atoms. The van der Waals surface area contributed by atoms with E-state index in [0.717, 1.165) is 12.8 Å². The molecule has 4 heteroatoms. The summed E-state index contributed by atoms with van der Waals surface area (Å²) in [5, 5.41) is 0. The van der Waals surface area contributed by atoms with E-state index in [-0.39, 0.29) is 18.0 Å². The predicted octanol–water partition coefficient (Wildman–Crippen LogP) is 2.41. The van der Waals surface area contributed by atoms with E-state index >= 15 is 0 Å². The van der Waals surface area contributed by atoms with E-state index in [9.17, 15) is 4.79 Å². The van der Waals surface area contributed by atoms with Crippen molar-refractivity contribution in [2.75, 3.05) is 26.4 Å². The fourth-order valence-corrected chi connectivity index (χ4v) is 1.76. The molecule has 0 unspecified atom stereocenters. The van der Waals surface area contributed by atoms with Crippen LogP contribution in [0, 0.1) is 11.3 Å². The third kappa shape index (κ3) is 5.36. The van der Waals surface area contributed by atoms with Crippen molar-refractivity contribution in [2.24, 2.45) is 11.3 Å². The van der Waals surface area contributed by atoms with Crippen LogP contribution in [0.2, 0.25) is 0 Å². The van der Waals surface area contributed by atoms with Gasteiger partial charge in [0.1, 0.15) is 6.10 Å². The molecule has 106 valence electrons. The minimum atomic E-state index is -0.452. The Bertz CT molecular complexity index is 257. The van der Waals surface area contributed by atoms with E-state index in [0.29, 0.717) is 26.4 Å². The molecule has 2 atom stereocenters. The third-order valence-corrected chi connectivity index (χ3v) is 3.04. The van der Waals surface area contributed by atoms with Crippen LogP contribution < -0.4 is 0 Å². The van der Waals surface area contributed by atoms with E-state index in [2.05, 4.69) is 6.92 Å². The summed E-state index contributed by atoms with van der Waals surface area (Å²) < 4.78 is 16.5. The molecule has 1 heterocycles. The molecule has 0 N–H and O–H groups in total. The topological polar surface area (TPSA) is 44.8 Å². The van der Waals surface area contributed by atoms with Gasteiger partial charge in [0.15, 0.2) is 0 Å². The molecular weight excluding hydrogens is 232 g/mol. The van der Waals surface area contributed by atoms with Crippen molar-refractivity contribution in [3.05, 3.63) is 0 Å². The Morgan fingerprint density at radius 3 is 2.50 bits per heavy atom. The lowest BCUT2D eigenvalue weighted by Crippen LogP contribution is -2.34. The standard InChI is InChI=1S/C14H26O4/c1-11-10-17-9-8-16-7-5-6-12(11)18-13(15)14(2,3)4/h11-12H,5-10H2,1-4H3/t11-,12-/m0/s1. The number of carbonyl (C=O) groups excluding carboxylic acids is 1. The smallest absolute Gasteiger partial charge is 0.311 e. The van der Waals surface area contributed by atoms with Gasteiger partial charge in [0.2, 0.25) is 0 Å². The van der Waals surface area contributed by atoms with Gasteiger partial charge in [-0.1, -0.05) is 6.92 Å². The molecule has 0 aromatic heterocycles. The summed E-state index contributed by atoms with van der Waals surface area (Å²) in [5.74, 6) is 0.0896. The monoisotopic (exact) mass is 258 g/mol. The lowest BCUT2D eigenvalue weighted by Gasteiger charge is -2.28. The predicted molar refractivity (Wildman–Crippen MR) is 69.4 cm³/mol. The second kappa shape index (κ2) is 7.10. The van der Waals surface area contributed by atoms with Crippen LogP contribution in [0.5, 0.6) is 0 Å². The first-order chi connectivity index (χ1) is 8.41. The zero-order valence-corrected chi connectivity index (χ0v) is 12.0. The molecule has 0 spiro atoms. The normalized spacial score (nSPS) is 27.6. The van der Waals surface area contributed by atoms with Crippen LogP contribution in [0.25, 0.3) is 0 Å². The molecule has 1 saturated heterocycles. The number of ether oxygens (including phenoxy) is 3. The van der Waals surface area contributed by atoms with Crippen molar-refractivity contribution in [3.8, 4) is 0 Å². The Morgan fingerprint density at radius 2 is 1.83 bits per heavy atom. The third-order valence-electron chi connectivity index (χ3n) is 3.04. The molecule has 0 aromatic carbocycles. The summed E-state index contributed by atoms with van der Waals surface area (Å²) in [6, 6.07) is 0.